The Kier molecular flexibility index (Phi) is 35.4. The summed E-state index contributed by atoms with van der Waals surface area (Å²) in [5, 5.41) is 0. The molecule has 0 aromatic rings. The standard InChI is InChI=1S/C5H7.HI.Mg/c1-3-5-4-2;;/h3-5H,1-2H2;1H;/q-1;;+2/p-1. The molecule has 0 atom stereocenters. The first-order chi connectivity index (χ1) is 2.41. The molecular weight excluding hydrogens is 211 g/mol. The molecule has 2 heteroatoms. The van der Waals surface area contributed by atoms with Gasteiger partial charge in [-0.25, -0.2) is 0 Å². The van der Waals surface area contributed by atoms with Crippen LogP contribution in [0.2, 0.25) is 0 Å². The predicted octanol–water partition coefficient (Wildman–Crippen LogP) is -1.81. The third kappa shape index (κ3) is 19.8. The monoisotopic (exact) mass is 218 g/mol. The van der Waals surface area contributed by atoms with E-state index >= 15 is 0 Å². The van der Waals surface area contributed by atoms with Crippen molar-refractivity contribution < 1.29 is 24.0 Å². The zero-order valence-electron chi connectivity index (χ0n) is 4.23. The second-order valence-electron chi connectivity index (χ2n) is 0.664. The minimum atomic E-state index is 0. The fourth-order valence-electron chi connectivity index (χ4n) is 0.0962. The van der Waals surface area contributed by atoms with Crippen LogP contribution in [0.15, 0.2) is 25.3 Å². The van der Waals surface area contributed by atoms with Crippen molar-refractivity contribution in [3.63, 3.8) is 0 Å². The van der Waals surface area contributed by atoms with E-state index in [0.717, 1.165) is 0 Å². The average Bonchev–Trinajstić information content (AvgIpc) is 1.41. The van der Waals surface area contributed by atoms with E-state index in [9.17, 15) is 0 Å². The SMILES string of the molecule is C=C[CH-]C=C.[I-].[Mg+2]. The maximum atomic E-state index is 3.42. The molecule has 0 fully saturated rings. The summed E-state index contributed by atoms with van der Waals surface area (Å²) in [7, 11) is 0. The topological polar surface area (TPSA) is 0 Å². The van der Waals surface area contributed by atoms with Crippen LogP contribution in [0.3, 0.4) is 0 Å². The molecule has 0 N–H and O–H groups in total. The first-order valence-electron chi connectivity index (χ1n) is 1.48. The molecule has 0 amide bonds. The van der Waals surface area contributed by atoms with Crippen molar-refractivity contribution in [1.29, 1.82) is 0 Å². The Balaban J connectivity index is -0.0000000800. The summed E-state index contributed by atoms with van der Waals surface area (Å²) < 4.78 is 0. The van der Waals surface area contributed by atoms with Crippen molar-refractivity contribution in [2.45, 2.75) is 0 Å². The number of hydrogen-bond donors (Lipinski definition) is 0. The van der Waals surface area contributed by atoms with E-state index in [1.165, 1.54) is 0 Å². The van der Waals surface area contributed by atoms with E-state index in [4.69, 9.17) is 0 Å². The first kappa shape index (κ1) is 15.7. The number of allylic oxidation sites excluding steroid dienone is 2. The van der Waals surface area contributed by atoms with E-state index < -0.39 is 0 Å². The van der Waals surface area contributed by atoms with E-state index in [-0.39, 0.29) is 47.0 Å². The van der Waals surface area contributed by atoms with E-state index in [2.05, 4.69) is 13.2 Å². The first-order valence-corrected chi connectivity index (χ1v) is 1.48. The molecule has 0 saturated carbocycles. The van der Waals surface area contributed by atoms with Gasteiger partial charge in [0.15, 0.2) is 0 Å². The van der Waals surface area contributed by atoms with Gasteiger partial charge in [0.2, 0.25) is 0 Å². The molecule has 0 spiro atoms. The largest absolute Gasteiger partial charge is 2.00 e. The number of halogens is 1. The Labute approximate surface area is 78.2 Å². The minimum Gasteiger partial charge on any atom is -1.00 e. The van der Waals surface area contributed by atoms with Gasteiger partial charge in [-0.05, 0) is 0 Å². The van der Waals surface area contributed by atoms with Crippen LogP contribution in [0.25, 0.3) is 0 Å². The van der Waals surface area contributed by atoms with Crippen LogP contribution in [0.5, 0.6) is 0 Å². The van der Waals surface area contributed by atoms with Crippen molar-refractivity contribution in [1.82, 2.24) is 0 Å². The van der Waals surface area contributed by atoms with Gasteiger partial charge in [0.1, 0.15) is 0 Å². The average molecular weight is 218 g/mol. The molecule has 0 saturated heterocycles. The Morgan fingerprint density at radius 2 is 1.43 bits per heavy atom. The second kappa shape index (κ2) is 15.8. The Hall–Kier alpha value is 0.846. The van der Waals surface area contributed by atoms with E-state index in [0.29, 0.717) is 0 Å². The summed E-state index contributed by atoms with van der Waals surface area (Å²) in [6.45, 7) is 6.85. The van der Waals surface area contributed by atoms with Crippen molar-refractivity contribution in [2.75, 3.05) is 0 Å². The van der Waals surface area contributed by atoms with Gasteiger partial charge in [-0.15, -0.1) is 0 Å². The summed E-state index contributed by atoms with van der Waals surface area (Å²) in [6, 6.07) is 0. The second-order valence-corrected chi connectivity index (χ2v) is 0.664. The zero-order chi connectivity index (χ0) is 4.12. The molecule has 0 rings (SSSR count). The molecule has 0 aliphatic heterocycles. The van der Waals surface area contributed by atoms with Gasteiger partial charge >= 0.3 is 23.1 Å². The molecule has 0 bridgehead atoms. The fraction of sp³-hybridized carbons (Fsp3) is 0. The van der Waals surface area contributed by atoms with Crippen LogP contribution in [0, 0.1) is 6.42 Å². The Morgan fingerprint density at radius 3 is 1.43 bits per heavy atom. The van der Waals surface area contributed by atoms with Crippen LogP contribution in [0.1, 0.15) is 0 Å². The summed E-state index contributed by atoms with van der Waals surface area (Å²) in [4.78, 5) is 0. The molecule has 0 nitrogen and oxygen atoms in total. The zero-order valence-corrected chi connectivity index (χ0v) is 7.80. The van der Waals surface area contributed by atoms with Gasteiger partial charge in [-0.3, -0.25) is 0 Å². The van der Waals surface area contributed by atoms with Crippen molar-refractivity contribution in [3.05, 3.63) is 31.7 Å². The minimum absolute atomic E-state index is 0. The molecule has 0 aromatic carbocycles. The van der Waals surface area contributed by atoms with Crippen molar-refractivity contribution in [3.8, 4) is 0 Å². The van der Waals surface area contributed by atoms with E-state index in [1.807, 2.05) is 0 Å². The number of rotatable bonds is 2. The van der Waals surface area contributed by atoms with Crippen LogP contribution in [0.4, 0.5) is 0 Å². The predicted molar refractivity (Wildman–Crippen MR) is 30.4 cm³/mol. The maximum Gasteiger partial charge on any atom is 2.00 e. The summed E-state index contributed by atoms with van der Waals surface area (Å²) in [5.41, 5.74) is 0. The van der Waals surface area contributed by atoms with Crippen molar-refractivity contribution >= 4 is 23.1 Å². The van der Waals surface area contributed by atoms with Crippen LogP contribution in [-0.4, -0.2) is 23.1 Å². The van der Waals surface area contributed by atoms with Crippen LogP contribution < -0.4 is 24.0 Å². The third-order valence-corrected chi connectivity index (χ3v) is 0.272. The van der Waals surface area contributed by atoms with Crippen LogP contribution >= 0.6 is 0 Å². The summed E-state index contributed by atoms with van der Waals surface area (Å²) >= 11 is 0. The van der Waals surface area contributed by atoms with Gasteiger partial charge in [0.05, 0.1) is 0 Å². The van der Waals surface area contributed by atoms with Gasteiger partial charge in [0.25, 0.3) is 0 Å². The molecule has 0 aliphatic carbocycles. The molecule has 7 heavy (non-hydrogen) atoms. The van der Waals surface area contributed by atoms with Gasteiger partial charge in [-0.2, -0.15) is 31.7 Å². The molecule has 0 heterocycles. The fourth-order valence-corrected chi connectivity index (χ4v) is 0.0962. The van der Waals surface area contributed by atoms with Crippen molar-refractivity contribution in [2.24, 2.45) is 0 Å². The quantitative estimate of drug-likeness (QED) is 0.291. The smallest absolute Gasteiger partial charge is 1.00 e. The molecule has 0 radical (unpaired) electrons. The molecule has 0 unspecified atom stereocenters. The van der Waals surface area contributed by atoms with Gasteiger partial charge in [0, 0.05) is 0 Å². The maximum absolute atomic E-state index is 3.42. The van der Waals surface area contributed by atoms with Gasteiger partial charge in [-0.1, -0.05) is 0 Å². The molecule has 0 aliphatic rings. The molecular formula is C5H7IMg. The van der Waals surface area contributed by atoms with Gasteiger partial charge < -0.3 is 24.0 Å². The molecule has 36 valence electrons. The summed E-state index contributed by atoms with van der Waals surface area (Å²) in [5.74, 6) is 0. The Bertz CT molecular complexity index is 37.3. The Morgan fingerprint density at radius 1 is 1.14 bits per heavy atom. The normalized spacial score (nSPS) is 4.00. The summed E-state index contributed by atoms with van der Waals surface area (Å²) in [6.07, 6.45) is 5.15. The van der Waals surface area contributed by atoms with E-state index in [1.54, 1.807) is 18.6 Å². The third-order valence-electron chi connectivity index (χ3n) is 0.272. The van der Waals surface area contributed by atoms with Crippen LogP contribution in [-0.2, 0) is 0 Å². The molecule has 0 aromatic heterocycles. The number of hydrogen-bond acceptors (Lipinski definition) is 0.